The number of nitrogens with zero attached hydrogens (tertiary/aromatic N) is 5. The van der Waals surface area contributed by atoms with Crippen molar-refractivity contribution >= 4 is 51.1 Å². The normalized spacial score (nSPS) is 21.1. The Labute approximate surface area is 349 Å². The molecule has 0 radical (unpaired) electrons. The van der Waals surface area contributed by atoms with Gasteiger partial charge in [-0.1, -0.05) is 12.1 Å². The van der Waals surface area contributed by atoms with Crippen LogP contribution in [0, 0.1) is 5.92 Å². The molecule has 2 aromatic carbocycles. The predicted octanol–water partition coefficient (Wildman–Crippen LogP) is 6.76. The van der Waals surface area contributed by atoms with Crippen molar-refractivity contribution in [1.29, 1.82) is 0 Å². The lowest BCUT2D eigenvalue weighted by molar-refractivity contribution is -0.226. The topological polar surface area (TPSA) is 145 Å². The summed E-state index contributed by atoms with van der Waals surface area (Å²) in [6.07, 6.45) is 2.48. The van der Waals surface area contributed by atoms with E-state index in [0.29, 0.717) is 50.5 Å². The molecule has 61 heavy (non-hydrogen) atoms. The van der Waals surface area contributed by atoms with Gasteiger partial charge in [0.25, 0.3) is 11.8 Å². The highest BCUT2D eigenvalue weighted by molar-refractivity contribution is 6.23. The van der Waals surface area contributed by atoms with E-state index in [2.05, 4.69) is 45.1 Å². The molecule has 4 amide bonds. The molecule has 1 N–H and O–H groups in total. The van der Waals surface area contributed by atoms with Gasteiger partial charge >= 0.3 is 6.18 Å². The third kappa shape index (κ3) is 8.18. The zero-order chi connectivity index (χ0) is 42.4. The average molecular weight is 839 g/mol. The summed E-state index contributed by atoms with van der Waals surface area (Å²) in [5, 5.41) is 4.45. The Kier molecular flexibility index (Phi) is 11.0. The molecule has 3 fully saturated rings. The minimum Gasteiger partial charge on any atom is -0.474 e. The van der Waals surface area contributed by atoms with E-state index in [4.69, 9.17) is 14.2 Å². The maximum atomic E-state index is 13.9. The molecule has 13 nitrogen and oxygen atoms in total. The molecule has 2 unspecified atom stereocenters. The maximum Gasteiger partial charge on any atom is 0.414 e. The number of carbonyl (C=O) groups excluding carboxylic acids is 4. The number of amides is 4. The summed E-state index contributed by atoms with van der Waals surface area (Å²) in [6, 6.07) is 15.9. The van der Waals surface area contributed by atoms with Gasteiger partial charge in [-0.25, -0.2) is 4.98 Å². The van der Waals surface area contributed by atoms with E-state index in [1.54, 1.807) is 18.3 Å². The summed E-state index contributed by atoms with van der Waals surface area (Å²) < 4.78 is 61.4. The lowest BCUT2D eigenvalue weighted by Gasteiger charge is -2.42. The first-order valence-corrected chi connectivity index (χ1v) is 20.8. The minimum atomic E-state index is -4.50. The number of aryl methyl sites for hydroxylation is 1. The number of aromatic nitrogens is 3. The zero-order valence-electron chi connectivity index (χ0n) is 33.5. The Bertz CT molecular complexity index is 2500. The first-order chi connectivity index (χ1) is 29.4. The summed E-state index contributed by atoms with van der Waals surface area (Å²) >= 11 is 0. The van der Waals surface area contributed by atoms with E-state index in [9.17, 15) is 32.3 Å². The second-order valence-electron chi connectivity index (χ2n) is 16.4. The van der Waals surface area contributed by atoms with Crippen molar-refractivity contribution in [3.63, 3.8) is 0 Å². The van der Waals surface area contributed by atoms with Crippen LogP contribution in [0.5, 0.6) is 5.88 Å². The van der Waals surface area contributed by atoms with Crippen molar-refractivity contribution in [1.82, 2.24) is 24.8 Å². The molecule has 5 aromatic rings. The number of rotatable bonds is 15. The molecule has 9 rings (SSSR count). The van der Waals surface area contributed by atoms with Crippen LogP contribution in [0.1, 0.15) is 72.1 Å². The van der Waals surface area contributed by atoms with Crippen LogP contribution in [0.3, 0.4) is 0 Å². The number of nitrogens with one attached hydrogen (secondary N) is 1. The largest absolute Gasteiger partial charge is 0.474 e. The molecular weight excluding hydrogens is 794 g/mol. The number of pyridine rings is 2. The van der Waals surface area contributed by atoms with Gasteiger partial charge in [-0.2, -0.15) is 13.2 Å². The molecule has 1 aliphatic carbocycles. The second-order valence-corrected chi connectivity index (χ2v) is 16.4. The summed E-state index contributed by atoms with van der Waals surface area (Å²) in [6.45, 7) is 1.18. The molecule has 3 aromatic heterocycles. The molecule has 4 aliphatic rings. The molecule has 2 atom stereocenters. The van der Waals surface area contributed by atoms with Gasteiger partial charge in [0.05, 0.1) is 22.7 Å². The minimum absolute atomic E-state index is 0.00805. The number of imide groups is 2. The first-order valence-electron chi connectivity index (χ1n) is 20.8. The summed E-state index contributed by atoms with van der Waals surface area (Å²) in [5.41, 5.74) is 5.20. The van der Waals surface area contributed by atoms with Crippen LogP contribution in [0.25, 0.3) is 32.9 Å². The third-order valence-electron chi connectivity index (χ3n) is 12.3. The fraction of sp³-hybridized carbons (Fsp3) is 0.422. The van der Waals surface area contributed by atoms with Crippen LogP contribution in [0.4, 0.5) is 18.9 Å². The second kappa shape index (κ2) is 16.5. The van der Waals surface area contributed by atoms with E-state index in [1.165, 1.54) is 6.07 Å². The fourth-order valence-corrected chi connectivity index (χ4v) is 8.82. The Morgan fingerprint density at radius 3 is 2.39 bits per heavy atom. The van der Waals surface area contributed by atoms with Crippen molar-refractivity contribution < 1.29 is 46.6 Å². The third-order valence-corrected chi connectivity index (χ3v) is 12.3. The Hall–Kier alpha value is -5.87. The first kappa shape index (κ1) is 40.5. The molecule has 1 saturated carbocycles. The smallest absolute Gasteiger partial charge is 0.414 e. The maximum absolute atomic E-state index is 13.9. The molecule has 3 aliphatic heterocycles. The van der Waals surface area contributed by atoms with E-state index >= 15 is 0 Å². The number of piperidine rings is 1. The van der Waals surface area contributed by atoms with Crippen LogP contribution in [0.2, 0.25) is 0 Å². The number of benzene rings is 2. The SMILES string of the molecule is Cn1c2ccncc2c2ccc(-c3ccc(O[C@H]4C[C@H](OCCCCCOC(CC5CN(c6ccc7c(c6)C(=O)N(C6CCC(=O)NC6=O)C7=O)C5)C(F)(F)F)C4)nc3)cc21. The number of carbonyl (C=O) groups is 4. The molecular formula is C45H45F3N6O7. The molecule has 16 heteroatoms. The molecule has 2 saturated heterocycles. The number of fused-ring (bicyclic) bond motifs is 4. The van der Waals surface area contributed by atoms with Gasteiger partial charge < -0.3 is 23.7 Å². The van der Waals surface area contributed by atoms with Gasteiger partial charge in [0.1, 0.15) is 12.1 Å². The van der Waals surface area contributed by atoms with Crippen molar-refractivity contribution in [2.75, 3.05) is 31.2 Å². The van der Waals surface area contributed by atoms with Crippen LogP contribution >= 0.6 is 0 Å². The number of halogens is 3. The monoisotopic (exact) mass is 838 g/mol. The Balaban J connectivity index is 0.659. The quantitative estimate of drug-likeness (QED) is 0.0887. The van der Waals surface area contributed by atoms with Gasteiger partial charge in [0, 0.05) is 105 Å². The van der Waals surface area contributed by atoms with E-state index in [0.717, 1.165) is 50.7 Å². The van der Waals surface area contributed by atoms with Gasteiger partial charge in [-0.15, -0.1) is 0 Å². The summed E-state index contributed by atoms with van der Waals surface area (Å²) in [7, 11) is 2.06. The highest BCUT2D eigenvalue weighted by atomic mass is 19.4. The van der Waals surface area contributed by atoms with Crippen molar-refractivity contribution in [2.45, 2.75) is 81.9 Å². The zero-order valence-corrected chi connectivity index (χ0v) is 33.5. The number of hydrogen-bond donors (Lipinski definition) is 1. The fourth-order valence-electron chi connectivity index (χ4n) is 8.82. The van der Waals surface area contributed by atoms with Gasteiger partial charge in [-0.3, -0.25) is 34.4 Å². The standard InChI is InChI=1S/C45H45F3N6O7/c1-52-36-13-14-49-23-35(36)32-8-5-27(18-38(32)52)28-6-12-41(50-22-28)61-31-20-30(21-31)59-15-3-2-4-16-60-39(45(46,47)48)17-26-24-53(25-26)29-7-9-33-34(19-29)44(58)54(43(33)57)37-10-11-40(55)51-42(37)56/h5-9,12-14,18-19,22-23,26,30-31,37,39H,2-4,10-11,15-17,20-21,24-25H2,1H3,(H,51,55,56)/t30-,31-,37?,39?. The Morgan fingerprint density at radius 1 is 0.836 bits per heavy atom. The van der Waals surface area contributed by atoms with Gasteiger partial charge in [0.2, 0.25) is 17.7 Å². The molecule has 318 valence electrons. The van der Waals surface area contributed by atoms with Gasteiger partial charge in [-0.05, 0) is 80.0 Å². The van der Waals surface area contributed by atoms with Gasteiger partial charge in [0.15, 0.2) is 6.10 Å². The highest BCUT2D eigenvalue weighted by Crippen LogP contribution is 2.37. The number of alkyl halides is 3. The average Bonchev–Trinajstić information content (AvgIpc) is 3.64. The number of anilines is 1. The number of hydrogen-bond acceptors (Lipinski definition) is 10. The van der Waals surface area contributed by atoms with Crippen molar-refractivity contribution in [3.8, 4) is 17.0 Å². The number of unbranched alkanes of at least 4 members (excludes halogenated alkanes) is 2. The highest BCUT2D eigenvalue weighted by Gasteiger charge is 2.46. The molecule has 0 spiro atoms. The predicted molar refractivity (Wildman–Crippen MR) is 218 cm³/mol. The molecule has 0 bridgehead atoms. The summed E-state index contributed by atoms with van der Waals surface area (Å²) in [4.78, 5) is 61.7. The number of ether oxygens (including phenoxy) is 3. The van der Waals surface area contributed by atoms with Crippen molar-refractivity contribution in [2.24, 2.45) is 13.0 Å². The van der Waals surface area contributed by atoms with E-state index < -0.39 is 42.0 Å². The lowest BCUT2D eigenvalue weighted by Crippen LogP contribution is -2.54. The van der Waals surface area contributed by atoms with Crippen molar-refractivity contribution in [3.05, 3.63) is 84.3 Å². The molecule has 6 heterocycles. The van der Waals surface area contributed by atoms with Crippen LogP contribution in [-0.4, -0.2) is 99.9 Å². The van der Waals surface area contributed by atoms with E-state index in [-0.39, 0.29) is 55.1 Å². The van der Waals surface area contributed by atoms with E-state index in [1.807, 2.05) is 35.5 Å². The lowest BCUT2D eigenvalue weighted by atomic mass is 9.92. The summed E-state index contributed by atoms with van der Waals surface area (Å²) in [5.74, 6) is -2.10. The van der Waals surface area contributed by atoms with Crippen LogP contribution in [-0.2, 0) is 26.1 Å². The Morgan fingerprint density at radius 2 is 1.62 bits per heavy atom. The van der Waals surface area contributed by atoms with Crippen LogP contribution < -0.4 is 15.0 Å². The van der Waals surface area contributed by atoms with Crippen LogP contribution in [0.15, 0.2) is 73.2 Å².